The Kier molecular flexibility index (Phi) is 8.96. The van der Waals surface area contributed by atoms with E-state index in [4.69, 9.17) is 4.74 Å². The van der Waals surface area contributed by atoms with E-state index >= 15 is 0 Å². The second-order valence-corrected chi connectivity index (χ2v) is 16.7. The highest BCUT2D eigenvalue weighted by Gasteiger charge is 2.59. The van der Waals surface area contributed by atoms with Crippen molar-refractivity contribution >= 4 is 38.8 Å². The Balaban J connectivity index is 1.36. The third-order valence-electron chi connectivity index (χ3n) is 11.5. The number of hydrogen-bond donors (Lipinski definition) is 3. The van der Waals surface area contributed by atoms with Crippen LogP contribution in [0.2, 0.25) is 0 Å². The first-order valence-corrected chi connectivity index (χ1v) is 19.2. The maximum atomic E-state index is 14.0. The quantitative estimate of drug-likeness (QED) is 0.303. The van der Waals surface area contributed by atoms with E-state index in [1.807, 2.05) is 26.1 Å². The monoisotopic (exact) mass is 704 g/mol. The van der Waals surface area contributed by atoms with Crippen LogP contribution in [-0.2, 0) is 26.3 Å². The minimum Gasteiger partial charge on any atom is -0.497 e. The third-order valence-corrected chi connectivity index (χ3v) is 12.9. The number of carbonyl (C=O) groups is 3. The summed E-state index contributed by atoms with van der Waals surface area (Å²) in [7, 11) is 2.22. The zero-order valence-corrected chi connectivity index (χ0v) is 30.4. The van der Waals surface area contributed by atoms with Gasteiger partial charge in [-0.2, -0.15) is 12.7 Å². The Morgan fingerprint density at radius 3 is 2.48 bits per heavy atom. The molecule has 0 bridgehead atoms. The van der Waals surface area contributed by atoms with Crippen molar-refractivity contribution in [3.63, 3.8) is 0 Å². The topological polar surface area (TPSA) is 142 Å². The van der Waals surface area contributed by atoms with Gasteiger partial charge in [0.1, 0.15) is 5.75 Å². The fraction of sp³-hybridized carbons (Fsp3) is 0.541. The second kappa shape index (κ2) is 13.0. The van der Waals surface area contributed by atoms with Crippen molar-refractivity contribution in [1.82, 2.24) is 29.1 Å². The molecule has 50 heavy (non-hydrogen) atoms. The van der Waals surface area contributed by atoms with E-state index in [1.54, 1.807) is 24.1 Å². The van der Waals surface area contributed by atoms with Gasteiger partial charge >= 0.3 is 22.0 Å². The number of rotatable bonds is 8. The molecule has 4 atom stereocenters. The Morgan fingerprint density at radius 1 is 1.02 bits per heavy atom. The molecule has 268 valence electrons. The van der Waals surface area contributed by atoms with Gasteiger partial charge in [0.15, 0.2) is 0 Å². The van der Waals surface area contributed by atoms with Crippen LogP contribution in [0.1, 0.15) is 91.6 Å². The summed E-state index contributed by atoms with van der Waals surface area (Å²) < 4.78 is 36.2. The fourth-order valence-electron chi connectivity index (χ4n) is 8.83. The molecule has 2 aromatic carbocycles. The number of likely N-dealkylation sites (N-methyl/N-ethyl adjacent to an activating group) is 1. The minimum absolute atomic E-state index is 0.0304. The average Bonchev–Trinajstić information content (AvgIpc) is 3.57. The second-order valence-electron chi connectivity index (χ2n) is 14.8. The van der Waals surface area contributed by atoms with Crippen LogP contribution in [0.25, 0.3) is 22.2 Å². The van der Waals surface area contributed by atoms with Crippen molar-refractivity contribution < 1.29 is 27.5 Å². The number of benzene rings is 2. The van der Waals surface area contributed by atoms with Crippen LogP contribution >= 0.6 is 0 Å². The van der Waals surface area contributed by atoms with Crippen molar-refractivity contribution in [3.8, 4) is 17.0 Å². The summed E-state index contributed by atoms with van der Waals surface area (Å²) in [6, 6.07) is 11.5. The summed E-state index contributed by atoms with van der Waals surface area (Å²) in [5.74, 6) is -0.867. The lowest BCUT2D eigenvalue weighted by Gasteiger charge is -2.29. The SMILES string of the molecule is CNCC1CCC(C)N1C(=O)C(=O)NC12CC1c1cc(OC)ccc1-c1c(C3CCCCC3)c3ccc(C(=O)NS(=O)(=O)N(C)C)cc3n1C2. The molecule has 0 spiro atoms. The van der Waals surface area contributed by atoms with Crippen LogP contribution < -0.4 is 20.1 Å². The maximum Gasteiger partial charge on any atom is 0.312 e. The standard InChI is InChI=1S/C37H48N6O6S/c1-22-11-13-25(20-38-2)43(22)36(46)35(45)39-37-19-30(37)29-18-26(49-5)14-16-27(29)33-32(23-9-7-6-8-10-23)28-15-12-24(17-31(28)42(33)21-37)34(44)40-50(47,48)41(3)4/h12,14-18,22-23,25,30,38H,6-11,13,19-21H2,1-5H3,(H,39,45)(H,40,44). The van der Waals surface area contributed by atoms with E-state index in [0.717, 1.165) is 76.3 Å². The number of methoxy groups -OCH3 is 1. The molecule has 3 N–H and O–H groups in total. The molecule has 2 saturated carbocycles. The van der Waals surface area contributed by atoms with Crippen molar-refractivity contribution in [1.29, 1.82) is 0 Å². The molecule has 3 fully saturated rings. The predicted octanol–water partition coefficient (Wildman–Crippen LogP) is 3.86. The highest BCUT2D eigenvalue weighted by Crippen LogP contribution is 2.60. The highest BCUT2D eigenvalue weighted by atomic mass is 32.2. The summed E-state index contributed by atoms with van der Waals surface area (Å²) in [5, 5.41) is 7.42. The van der Waals surface area contributed by atoms with Crippen LogP contribution in [0.15, 0.2) is 36.4 Å². The smallest absolute Gasteiger partial charge is 0.312 e. The van der Waals surface area contributed by atoms with Crippen LogP contribution in [-0.4, -0.2) is 92.3 Å². The molecule has 1 aromatic heterocycles. The van der Waals surface area contributed by atoms with Gasteiger partial charge in [-0.15, -0.1) is 0 Å². The molecule has 2 aliphatic carbocycles. The number of likely N-dealkylation sites (tertiary alicyclic amines) is 1. The Bertz CT molecular complexity index is 1970. The minimum atomic E-state index is -4.01. The maximum absolute atomic E-state index is 14.0. The van der Waals surface area contributed by atoms with E-state index < -0.39 is 33.5 Å². The van der Waals surface area contributed by atoms with Crippen LogP contribution in [0.3, 0.4) is 0 Å². The van der Waals surface area contributed by atoms with Gasteiger partial charge in [-0.25, -0.2) is 4.72 Å². The van der Waals surface area contributed by atoms with Gasteiger partial charge in [0.2, 0.25) is 0 Å². The molecule has 3 aromatic rings. The molecule has 12 nitrogen and oxygen atoms in total. The van der Waals surface area contributed by atoms with E-state index in [0.29, 0.717) is 25.4 Å². The third kappa shape index (κ3) is 5.86. The molecule has 4 aliphatic rings. The van der Waals surface area contributed by atoms with Crippen LogP contribution in [0, 0.1) is 0 Å². The lowest BCUT2D eigenvalue weighted by molar-refractivity contribution is -0.148. The van der Waals surface area contributed by atoms with Crippen LogP contribution in [0.4, 0.5) is 0 Å². The molecule has 3 heterocycles. The van der Waals surface area contributed by atoms with Gasteiger partial charge in [-0.3, -0.25) is 14.4 Å². The molecular formula is C37H48N6O6S. The van der Waals surface area contributed by atoms with Crippen LogP contribution in [0.5, 0.6) is 5.75 Å². The number of aromatic nitrogens is 1. The van der Waals surface area contributed by atoms with Crippen molar-refractivity contribution in [2.45, 2.75) is 94.3 Å². The molecule has 4 unspecified atom stereocenters. The molecule has 3 amide bonds. The first-order chi connectivity index (χ1) is 23.9. The summed E-state index contributed by atoms with van der Waals surface area (Å²) in [6.07, 6.45) is 7.87. The molecule has 0 radical (unpaired) electrons. The summed E-state index contributed by atoms with van der Waals surface area (Å²) >= 11 is 0. The van der Waals surface area contributed by atoms with E-state index in [2.05, 4.69) is 32.1 Å². The molecular weight excluding hydrogens is 657 g/mol. The lowest BCUT2D eigenvalue weighted by atomic mass is 9.81. The summed E-state index contributed by atoms with van der Waals surface area (Å²) in [6.45, 7) is 3.01. The average molecular weight is 705 g/mol. The number of nitrogens with one attached hydrogen (secondary N) is 3. The number of carbonyl (C=O) groups excluding carboxylic acids is 3. The molecule has 2 aliphatic heterocycles. The number of amides is 3. The van der Waals surface area contributed by atoms with Gasteiger partial charge in [0, 0.05) is 67.2 Å². The summed E-state index contributed by atoms with van der Waals surface area (Å²) in [4.78, 5) is 42.9. The van der Waals surface area contributed by atoms with E-state index in [-0.39, 0.29) is 23.6 Å². The zero-order valence-electron chi connectivity index (χ0n) is 29.5. The Morgan fingerprint density at radius 2 is 1.78 bits per heavy atom. The number of fused-ring (bicyclic) bond motifs is 7. The first-order valence-electron chi connectivity index (χ1n) is 17.8. The van der Waals surface area contributed by atoms with Gasteiger partial charge < -0.3 is 24.8 Å². The lowest BCUT2D eigenvalue weighted by Crippen LogP contribution is -2.53. The van der Waals surface area contributed by atoms with Crippen molar-refractivity contribution in [2.75, 3.05) is 34.8 Å². The van der Waals surface area contributed by atoms with Crippen molar-refractivity contribution in [3.05, 3.63) is 53.1 Å². The number of ether oxygens (including phenoxy) is 1. The predicted molar refractivity (Wildman–Crippen MR) is 191 cm³/mol. The van der Waals surface area contributed by atoms with E-state index in [9.17, 15) is 22.8 Å². The Hall–Kier alpha value is -3.94. The van der Waals surface area contributed by atoms with E-state index in [1.165, 1.54) is 26.1 Å². The number of nitrogens with zero attached hydrogens (tertiary/aromatic N) is 3. The van der Waals surface area contributed by atoms with Gasteiger partial charge in [0.05, 0.1) is 18.3 Å². The van der Waals surface area contributed by atoms with Gasteiger partial charge in [-0.1, -0.05) is 25.3 Å². The van der Waals surface area contributed by atoms with Gasteiger partial charge in [0.25, 0.3) is 5.91 Å². The Labute approximate surface area is 294 Å². The zero-order chi connectivity index (χ0) is 35.5. The number of hydrogen-bond acceptors (Lipinski definition) is 7. The molecule has 7 rings (SSSR count). The van der Waals surface area contributed by atoms with Crippen molar-refractivity contribution in [2.24, 2.45) is 0 Å². The highest BCUT2D eigenvalue weighted by molar-refractivity contribution is 7.87. The molecule has 13 heteroatoms. The first kappa shape index (κ1) is 34.5. The normalized spacial score (nSPS) is 24.7. The molecule has 1 saturated heterocycles. The summed E-state index contributed by atoms with van der Waals surface area (Å²) in [5.41, 5.74) is 4.66. The fourth-order valence-corrected chi connectivity index (χ4v) is 9.37. The van der Waals surface area contributed by atoms with Gasteiger partial charge in [-0.05, 0) is 93.5 Å². The largest absolute Gasteiger partial charge is 0.497 e.